The number of carbonyl (C=O) groups is 1. The van der Waals surface area contributed by atoms with Crippen molar-refractivity contribution in [1.29, 1.82) is 15.8 Å². The zero-order valence-corrected chi connectivity index (χ0v) is 9.91. The Morgan fingerprint density at radius 3 is 2.10 bits per heavy atom. The Morgan fingerprint density at radius 2 is 1.67 bits per heavy atom. The second-order valence-corrected chi connectivity index (χ2v) is 3.42. The van der Waals surface area contributed by atoms with Gasteiger partial charge in [-0.25, -0.2) is 18.0 Å². The Kier molecular flexibility index (Phi) is 4.51. The van der Waals surface area contributed by atoms with E-state index >= 15 is 0 Å². The first kappa shape index (κ1) is 15.5. The third-order valence-corrected chi connectivity index (χ3v) is 2.22. The summed E-state index contributed by atoms with van der Waals surface area (Å²) in [7, 11) is 0. The van der Waals surface area contributed by atoms with Gasteiger partial charge in [-0.15, -0.1) is 0 Å². The van der Waals surface area contributed by atoms with Crippen molar-refractivity contribution in [3.63, 3.8) is 0 Å². The molecule has 0 heterocycles. The fourth-order valence-corrected chi connectivity index (χ4v) is 1.28. The molecule has 0 unspecified atom stereocenters. The average Bonchev–Trinajstić information content (AvgIpc) is 2.46. The molecule has 21 heavy (non-hydrogen) atoms. The highest BCUT2D eigenvalue weighted by atomic mass is 19.2. The summed E-state index contributed by atoms with van der Waals surface area (Å²) in [5, 5.41) is 36.2. The molecule has 6 nitrogen and oxygen atoms in total. The van der Waals surface area contributed by atoms with Crippen molar-refractivity contribution in [2.24, 2.45) is 0 Å². The molecule has 104 valence electrons. The molecule has 0 radical (unpaired) electrons. The Hall–Kier alpha value is -3.51. The van der Waals surface area contributed by atoms with Gasteiger partial charge in [0.2, 0.25) is 0 Å². The van der Waals surface area contributed by atoms with E-state index in [2.05, 4.69) is 0 Å². The van der Waals surface area contributed by atoms with Crippen LogP contribution in [0.25, 0.3) is 0 Å². The lowest BCUT2D eigenvalue weighted by Crippen LogP contribution is -2.11. The summed E-state index contributed by atoms with van der Waals surface area (Å²) in [6, 6.07) is 4.01. The monoisotopic (exact) mass is 292 g/mol. The van der Waals surface area contributed by atoms with Crippen molar-refractivity contribution < 1.29 is 23.1 Å². The van der Waals surface area contributed by atoms with Gasteiger partial charge in [-0.1, -0.05) is 0 Å². The number of benzene rings is 1. The molecule has 0 fully saturated rings. The minimum Gasteiger partial charge on any atom is -0.478 e. The number of nitriles is 3. The minimum absolute atomic E-state index is 0.128. The SMILES string of the molecule is N#CC(C#N)=C(C#N)Nc1c(F)c(F)cc(C(=O)O)c1F. The second-order valence-electron chi connectivity index (χ2n) is 3.42. The molecule has 0 saturated heterocycles. The van der Waals surface area contributed by atoms with Crippen molar-refractivity contribution in [1.82, 2.24) is 0 Å². The summed E-state index contributed by atoms with van der Waals surface area (Å²) in [6.45, 7) is 0. The van der Waals surface area contributed by atoms with E-state index in [0.717, 1.165) is 0 Å². The fourth-order valence-electron chi connectivity index (χ4n) is 1.28. The molecule has 1 aromatic carbocycles. The molecular formula is C12H3F3N4O2. The van der Waals surface area contributed by atoms with Gasteiger partial charge in [0.25, 0.3) is 0 Å². The van der Waals surface area contributed by atoms with E-state index in [1.807, 2.05) is 0 Å². The Labute approximate surface area is 115 Å². The number of halogens is 3. The number of nitrogens with one attached hydrogen (secondary N) is 1. The zero-order valence-electron chi connectivity index (χ0n) is 9.91. The summed E-state index contributed by atoms with van der Waals surface area (Å²) < 4.78 is 40.5. The number of rotatable bonds is 3. The fraction of sp³-hybridized carbons (Fsp3) is 0. The van der Waals surface area contributed by atoms with Gasteiger partial charge in [0.15, 0.2) is 23.0 Å². The number of hydrogen-bond acceptors (Lipinski definition) is 5. The molecule has 2 N–H and O–H groups in total. The summed E-state index contributed by atoms with van der Waals surface area (Å²) >= 11 is 0. The lowest BCUT2D eigenvalue weighted by Gasteiger charge is -2.10. The van der Waals surface area contributed by atoms with Gasteiger partial charge in [-0.3, -0.25) is 0 Å². The molecule has 0 aliphatic heterocycles. The number of carboxylic acids is 1. The van der Waals surface area contributed by atoms with Crippen LogP contribution in [-0.2, 0) is 0 Å². The van der Waals surface area contributed by atoms with Crippen molar-refractivity contribution in [3.8, 4) is 18.2 Å². The summed E-state index contributed by atoms with van der Waals surface area (Å²) in [5.74, 6) is -7.01. The predicted octanol–water partition coefficient (Wildman–Crippen LogP) is 2.04. The molecule has 1 rings (SSSR count). The van der Waals surface area contributed by atoms with Crippen LogP contribution in [0.2, 0.25) is 0 Å². The maximum atomic E-state index is 13.8. The van der Waals surface area contributed by atoms with Gasteiger partial charge in [0.05, 0.1) is 0 Å². The second kappa shape index (κ2) is 6.09. The first-order chi connectivity index (χ1) is 9.87. The average molecular weight is 292 g/mol. The van der Waals surface area contributed by atoms with E-state index in [9.17, 15) is 18.0 Å². The van der Waals surface area contributed by atoms with Crippen LogP contribution < -0.4 is 5.32 Å². The van der Waals surface area contributed by atoms with E-state index in [0.29, 0.717) is 0 Å². The van der Waals surface area contributed by atoms with Crippen LogP contribution in [0.5, 0.6) is 0 Å². The first-order valence-corrected chi connectivity index (χ1v) is 4.99. The highest BCUT2D eigenvalue weighted by Crippen LogP contribution is 2.26. The van der Waals surface area contributed by atoms with Gasteiger partial charge in [-0.2, -0.15) is 15.8 Å². The van der Waals surface area contributed by atoms with Gasteiger partial charge < -0.3 is 10.4 Å². The molecule has 0 aliphatic rings. The summed E-state index contributed by atoms with van der Waals surface area (Å²) in [4.78, 5) is 10.7. The summed E-state index contributed by atoms with van der Waals surface area (Å²) in [5.41, 5.74) is -4.12. The van der Waals surface area contributed by atoms with E-state index in [1.54, 1.807) is 5.32 Å². The first-order valence-electron chi connectivity index (χ1n) is 4.99. The Balaban J connectivity index is 3.57. The van der Waals surface area contributed by atoms with Crippen LogP contribution in [0.15, 0.2) is 17.3 Å². The number of nitrogens with zero attached hydrogens (tertiary/aromatic N) is 3. The zero-order chi connectivity index (χ0) is 16.2. The minimum atomic E-state index is -1.86. The van der Waals surface area contributed by atoms with Crippen molar-refractivity contribution in [3.05, 3.63) is 40.4 Å². The number of aromatic carboxylic acids is 1. The largest absolute Gasteiger partial charge is 0.478 e. The molecule has 0 spiro atoms. The molecule has 0 aliphatic carbocycles. The molecule has 0 bridgehead atoms. The van der Waals surface area contributed by atoms with E-state index in [-0.39, 0.29) is 6.07 Å². The normalized spacial score (nSPS) is 8.95. The molecule has 9 heteroatoms. The Morgan fingerprint density at radius 1 is 1.10 bits per heavy atom. The molecule has 0 saturated carbocycles. The lowest BCUT2D eigenvalue weighted by molar-refractivity contribution is 0.0691. The number of carboxylic acid groups (broad SMARTS) is 1. The Bertz CT molecular complexity index is 766. The van der Waals surface area contributed by atoms with E-state index < -0.39 is 45.9 Å². The highest BCUT2D eigenvalue weighted by molar-refractivity contribution is 5.89. The molecule has 0 aromatic heterocycles. The molecule has 1 aromatic rings. The van der Waals surface area contributed by atoms with Gasteiger partial charge >= 0.3 is 5.97 Å². The smallest absolute Gasteiger partial charge is 0.338 e. The van der Waals surface area contributed by atoms with Crippen LogP contribution in [-0.4, -0.2) is 11.1 Å². The van der Waals surface area contributed by atoms with Gasteiger partial charge in [0.1, 0.15) is 35.2 Å². The standard InChI is InChI=1S/C12H3F3N4O2/c13-7-1-6(12(20)21)9(14)11(10(7)15)19-8(4-18)5(2-16)3-17/h1,19H,(H,20,21). The molecule has 0 atom stereocenters. The van der Waals surface area contributed by atoms with Crippen LogP contribution in [0, 0.1) is 51.4 Å². The topological polar surface area (TPSA) is 121 Å². The summed E-state index contributed by atoms with van der Waals surface area (Å²) in [6.07, 6.45) is 0. The number of anilines is 1. The third kappa shape index (κ3) is 2.91. The van der Waals surface area contributed by atoms with E-state index in [4.69, 9.17) is 20.9 Å². The van der Waals surface area contributed by atoms with Crippen molar-refractivity contribution in [2.45, 2.75) is 0 Å². The lowest BCUT2D eigenvalue weighted by atomic mass is 10.1. The molecule has 0 amide bonds. The van der Waals surface area contributed by atoms with Crippen LogP contribution >= 0.6 is 0 Å². The number of hydrogen-bond donors (Lipinski definition) is 2. The van der Waals surface area contributed by atoms with Gasteiger partial charge in [-0.05, 0) is 6.07 Å². The maximum absolute atomic E-state index is 13.8. The van der Waals surface area contributed by atoms with Crippen molar-refractivity contribution >= 4 is 11.7 Å². The van der Waals surface area contributed by atoms with Crippen molar-refractivity contribution in [2.75, 3.05) is 5.32 Å². The van der Waals surface area contributed by atoms with Crippen LogP contribution in [0.4, 0.5) is 18.9 Å². The maximum Gasteiger partial charge on any atom is 0.338 e. The van der Waals surface area contributed by atoms with Crippen LogP contribution in [0.3, 0.4) is 0 Å². The van der Waals surface area contributed by atoms with Crippen LogP contribution in [0.1, 0.15) is 10.4 Å². The van der Waals surface area contributed by atoms with E-state index in [1.165, 1.54) is 18.2 Å². The highest BCUT2D eigenvalue weighted by Gasteiger charge is 2.24. The molecular weight excluding hydrogens is 289 g/mol. The third-order valence-electron chi connectivity index (χ3n) is 2.22. The van der Waals surface area contributed by atoms with Gasteiger partial charge in [0, 0.05) is 0 Å². The number of allylic oxidation sites excluding steroid dienone is 2. The quantitative estimate of drug-likeness (QED) is 0.649. The predicted molar refractivity (Wildman–Crippen MR) is 60.8 cm³/mol.